The van der Waals surface area contributed by atoms with E-state index in [9.17, 15) is 20.4 Å². The van der Waals surface area contributed by atoms with Gasteiger partial charge in [-0.15, -0.1) is 0 Å². The average Bonchev–Trinajstić information content (AvgIpc) is 2.56. The molecule has 0 atom stereocenters. The van der Waals surface area contributed by atoms with Crippen LogP contribution in [0, 0.1) is 5.41 Å². The summed E-state index contributed by atoms with van der Waals surface area (Å²) in [5, 5.41) is 42.2. The van der Waals surface area contributed by atoms with Gasteiger partial charge in [0.25, 0.3) is 0 Å². The Bertz CT molecular complexity index is 703. The molecule has 2 aromatic rings. The minimum atomic E-state index is -2.12. The number of benzene rings is 2. The molecule has 0 heterocycles. The van der Waals surface area contributed by atoms with Crippen LogP contribution in [0.2, 0.25) is 20.1 Å². The quantitative estimate of drug-likeness (QED) is 0.570. The lowest BCUT2D eigenvalue weighted by molar-refractivity contribution is -0.135. The number of hydrogen-bond acceptors (Lipinski definition) is 4. The van der Waals surface area contributed by atoms with Crippen molar-refractivity contribution in [3.8, 4) is 0 Å². The van der Waals surface area contributed by atoms with Gasteiger partial charge in [0.05, 0.1) is 25.2 Å². The summed E-state index contributed by atoms with van der Waals surface area (Å²) in [6.45, 7) is -2.22. The molecule has 25 heavy (non-hydrogen) atoms. The second-order valence-corrected chi connectivity index (χ2v) is 7.40. The smallest absolute Gasteiger partial charge is 0.130 e. The van der Waals surface area contributed by atoms with Crippen LogP contribution in [-0.4, -0.2) is 40.2 Å². The van der Waals surface area contributed by atoms with Crippen LogP contribution in [0.4, 0.5) is 0 Å². The molecule has 0 radical (unpaired) electrons. The standard InChI is InChI=1S/C17H16Cl4O4/c18-10-1-3-12(14(20)5-10)17(25,16(7-22,8-23)9-24)13-4-2-11(19)6-15(13)21/h1-6,22-25H,7-9H2. The van der Waals surface area contributed by atoms with Crippen molar-refractivity contribution in [2.24, 2.45) is 5.41 Å². The van der Waals surface area contributed by atoms with Crippen LogP contribution in [-0.2, 0) is 5.60 Å². The third kappa shape index (κ3) is 3.51. The van der Waals surface area contributed by atoms with Gasteiger partial charge in [-0.3, -0.25) is 0 Å². The molecule has 4 nitrogen and oxygen atoms in total. The van der Waals surface area contributed by atoms with Crippen LogP contribution >= 0.6 is 46.4 Å². The first-order valence-electron chi connectivity index (χ1n) is 7.21. The number of aliphatic hydroxyl groups is 4. The predicted octanol–water partition coefficient (Wildman–Crippen LogP) is 3.50. The average molecular weight is 426 g/mol. The fourth-order valence-corrected chi connectivity index (χ4v) is 3.87. The van der Waals surface area contributed by atoms with Gasteiger partial charge in [0, 0.05) is 31.2 Å². The molecule has 0 fully saturated rings. The second kappa shape index (κ2) is 7.99. The number of halogens is 4. The SMILES string of the molecule is OCC(CO)(CO)C(O)(c1ccc(Cl)cc1Cl)c1ccc(Cl)cc1Cl. The summed E-state index contributed by atoms with van der Waals surface area (Å²) >= 11 is 24.4. The fourth-order valence-electron chi connectivity index (χ4n) is 2.78. The van der Waals surface area contributed by atoms with Crippen LogP contribution in [0.25, 0.3) is 0 Å². The maximum Gasteiger partial charge on any atom is 0.130 e. The molecule has 0 bridgehead atoms. The van der Waals surface area contributed by atoms with E-state index < -0.39 is 30.8 Å². The number of rotatable bonds is 6. The molecule has 0 aliphatic carbocycles. The molecule has 0 spiro atoms. The molecule has 0 aliphatic heterocycles. The van der Waals surface area contributed by atoms with Gasteiger partial charge < -0.3 is 20.4 Å². The predicted molar refractivity (Wildman–Crippen MR) is 99.6 cm³/mol. The minimum absolute atomic E-state index is 0.0840. The highest BCUT2D eigenvalue weighted by atomic mass is 35.5. The fraction of sp³-hybridized carbons (Fsp3) is 0.294. The van der Waals surface area contributed by atoms with Gasteiger partial charge in [-0.25, -0.2) is 0 Å². The Balaban J connectivity index is 2.88. The van der Waals surface area contributed by atoms with Crippen molar-refractivity contribution in [3.63, 3.8) is 0 Å². The van der Waals surface area contributed by atoms with E-state index in [1.165, 1.54) is 36.4 Å². The summed E-state index contributed by atoms with van der Waals surface area (Å²) < 4.78 is 0. The lowest BCUT2D eigenvalue weighted by Gasteiger charge is -2.45. The Labute approximate surface area is 165 Å². The van der Waals surface area contributed by atoms with E-state index in [-0.39, 0.29) is 21.2 Å². The van der Waals surface area contributed by atoms with Gasteiger partial charge in [-0.05, 0) is 24.3 Å². The number of hydrogen-bond donors (Lipinski definition) is 4. The van der Waals surface area contributed by atoms with E-state index in [2.05, 4.69) is 0 Å². The van der Waals surface area contributed by atoms with Gasteiger partial charge in [0.2, 0.25) is 0 Å². The molecular weight excluding hydrogens is 410 g/mol. The topological polar surface area (TPSA) is 80.9 Å². The summed E-state index contributed by atoms with van der Waals surface area (Å²) in [5.74, 6) is 0. The van der Waals surface area contributed by atoms with Gasteiger partial charge in [0.15, 0.2) is 0 Å². The van der Waals surface area contributed by atoms with Crippen molar-refractivity contribution in [1.29, 1.82) is 0 Å². The molecule has 0 unspecified atom stereocenters. The third-order valence-corrected chi connectivity index (χ3v) is 5.41. The summed E-state index contributed by atoms with van der Waals surface area (Å²) in [6, 6.07) is 8.70. The maximum atomic E-state index is 11.7. The van der Waals surface area contributed by atoms with E-state index in [0.29, 0.717) is 10.0 Å². The lowest BCUT2D eigenvalue weighted by Crippen LogP contribution is -2.54. The van der Waals surface area contributed by atoms with Gasteiger partial charge in [-0.2, -0.15) is 0 Å². The van der Waals surface area contributed by atoms with Crippen LogP contribution in [0.15, 0.2) is 36.4 Å². The number of aliphatic hydroxyl groups excluding tert-OH is 3. The Morgan fingerprint density at radius 1 is 0.680 bits per heavy atom. The Morgan fingerprint density at radius 3 is 1.32 bits per heavy atom. The van der Waals surface area contributed by atoms with Gasteiger partial charge in [-0.1, -0.05) is 58.5 Å². The molecule has 136 valence electrons. The molecular formula is C17H16Cl4O4. The first-order valence-corrected chi connectivity index (χ1v) is 8.73. The Kier molecular flexibility index (Phi) is 6.63. The molecule has 8 heteroatoms. The lowest BCUT2D eigenvalue weighted by atomic mass is 9.66. The van der Waals surface area contributed by atoms with E-state index in [1.807, 2.05) is 0 Å². The van der Waals surface area contributed by atoms with Crippen molar-refractivity contribution in [3.05, 3.63) is 67.6 Å². The second-order valence-electron chi connectivity index (χ2n) is 5.71. The van der Waals surface area contributed by atoms with Crippen LogP contribution in [0.5, 0.6) is 0 Å². The minimum Gasteiger partial charge on any atom is -0.395 e. The van der Waals surface area contributed by atoms with Crippen molar-refractivity contribution >= 4 is 46.4 Å². The maximum absolute atomic E-state index is 11.7. The van der Waals surface area contributed by atoms with Crippen molar-refractivity contribution in [1.82, 2.24) is 0 Å². The van der Waals surface area contributed by atoms with E-state index in [4.69, 9.17) is 46.4 Å². The highest BCUT2D eigenvalue weighted by molar-refractivity contribution is 6.36. The highest BCUT2D eigenvalue weighted by Crippen LogP contribution is 2.49. The summed E-state index contributed by atoms with van der Waals surface area (Å²) in [6.07, 6.45) is 0. The summed E-state index contributed by atoms with van der Waals surface area (Å²) in [5.41, 5.74) is -3.64. The Hall–Kier alpha value is -0.560. The molecule has 0 aromatic heterocycles. The molecule has 4 N–H and O–H groups in total. The first kappa shape index (κ1) is 20.7. The van der Waals surface area contributed by atoms with Crippen molar-refractivity contribution in [2.45, 2.75) is 5.60 Å². The van der Waals surface area contributed by atoms with E-state index >= 15 is 0 Å². The molecule has 2 rings (SSSR count). The van der Waals surface area contributed by atoms with E-state index in [0.717, 1.165) is 0 Å². The summed E-state index contributed by atoms with van der Waals surface area (Å²) in [7, 11) is 0. The van der Waals surface area contributed by atoms with E-state index in [1.54, 1.807) is 0 Å². The van der Waals surface area contributed by atoms with Gasteiger partial charge in [0.1, 0.15) is 5.60 Å². The molecule has 0 saturated heterocycles. The monoisotopic (exact) mass is 424 g/mol. The van der Waals surface area contributed by atoms with Crippen LogP contribution < -0.4 is 0 Å². The van der Waals surface area contributed by atoms with Crippen molar-refractivity contribution < 1.29 is 20.4 Å². The third-order valence-electron chi connectivity index (χ3n) is 4.32. The molecule has 0 saturated carbocycles. The van der Waals surface area contributed by atoms with Crippen LogP contribution in [0.3, 0.4) is 0 Å². The zero-order chi connectivity index (χ0) is 18.8. The molecule has 0 aliphatic rings. The molecule has 2 aromatic carbocycles. The summed E-state index contributed by atoms with van der Waals surface area (Å²) in [4.78, 5) is 0. The zero-order valence-corrected chi connectivity index (χ0v) is 15.9. The highest BCUT2D eigenvalue weighted by Gasteiger charge is 2.54. The zero-order valence-electron chi connectivity index (χ0n) is 12.9. The Morgan fingerprint density at radius 2 is 1.04 bits per heavy atom. The molecule has 0 amide bonds. The van der Waals surface area contributed by atoms with Crippen molar-refractivity contribution in [2.75, 3.05) is 19.8 Å². The largest absolute Gasteiger partial charge is 0.395 e. The normalized spacial score (nSPS) is 12.5. The van der Waals surface area contributed by atoms with Crippen LogP contribution in [0.1, 0.15) is 11.1 Å². The van der Waals surface area contributed by atoms with Gasteiger partial charge >= 0.3 is 0 Å². The first-order chi connectivity index (χ1) is 11.8.